The molecule has 0 saturated carbocycles. The second-order valence-electron chi connectivity index (χ2n) is 4.16. The van der Waals surface area contributed by atoms with Gasteiger partial charge in [-0.05, 0) is 12.1 Å². The number of hydrogen-bond acceptors (Lipinski definition) is 4. The lowest BCUT2D eigenvalue weighted by Crippen LogP contribution is -2.40. The van der Waals surface area contributed by atoms with E-state index in [0.717, 1.165) is 0 Å². The summed E-state index contributed by atoms with van der Waals surface area (Å²) in [4.78, 5) is 24.5. The lowest BCUT2D eigenvalue weighted by molar-refractivity contribution is -0.141. The van der Waals surface area contributed by atoms with E-state index in [1.807, 2.05) is 0 Å². The number of carbonyl (C=O) groups is 2. The molecule has 100 valence electrons. The molecule has 1 amide bonds. The Bertz CT molecular complexity index is 502. The van der Waals surface area contributed by atoms with Crippen LogP contribution in [0.25, 0.3) is 0 Å². The summed E-state index contributed by atoms with van der Waals surface area (Å²) in [5.41, 5.74) is 0. The van der Waals surface area contributed by atoms with E-state index < -0.39 is 17.9 Å². The van der Waals surface area contributed by atoms with Crippen LogP contribution in [0.3, 0.4) is 0 Å². The predicted molar refractivity (Wildman–Crippen MR) is 64.4 cm³/mol. The number of carboxylic acids is 1. The van der Waals surface area contributed by atoms with Gasteiger partial charge in [0.2, 0.25) is 0 Å². The highest BCUT2D eigenvalue weighted by molar-refractivity contribution is 5.94. The molecule has 1 fully saturated rings. The fourth-order valence-electron chi connectivity index (χ4n) is 2.08. The van der Waals surface area contributed by atoms with Crippen molar-refractivity contribution in [2.24, 2.45) is 0 Å². The number of hydrogen-bond donors (Lipinski definition) is 1. The summed E-state index contributed by atoms with van der Waals surface area (Å²) in [7, 11) is 0. The van der Waals surface area contributed by atoms with E-state index in [1.165, 1.54) is 17.2 Å². The molecule has 19 heavy (non-hydrogen) atoms. The second kappa shape index (κ2) is 5.59. The van der Waals surface area contributed by atoms with E-state index in [4.69, 9.17) is 20.7 Å². The molecule has 1 aromatic heterocycles. The lowest BCUT2D eigenvalue weighted by Gasteiger charge is -2.19. The van der Waals surface area contributed by atoms with Gasteiger partial charge in [-0.1, -0.05) is 5.92 Å². The molecule has 1 aliphatic heterocycles. The molecule has 6 nitrogen and oxygen atoms in total. The third-order valence-corrected chi connectivity index (χ3v) is 2.94. The standard InChI is InChI=1S/C13H13NO5/c1-2-5-18-9-7-10(13(16)17)14(8-9)12(15)11-4-3-6-19-11/h1,3-4,6,9-10H,5,7-8H2,(H,16,17). The number of ether oxygens (including phenoxy) is 1. The molecular weight excluding hydrogens is 250 g/mol. The second-order valence-corrected chi connectivity index (χ2v) is 4.16. The van der Waals surface area contributed by atoms with E-state index in [9.17, 15) is 9.59 Å². The number of carboxylic acid groups (broad SMARTS) is 1. The quantitative estimate of drug-likeness (QED) is 0.804. The average Bonchev–Trinajstić information content (AvgIpc) is 3.04. The maximum atomic E-state index is 12.1. The molecule has 0 aliphatic carbocycles. The minimum Gasteiger partial charge on any atom is -0.480 e. The van der Waals surface area contributed by atoms with Gasteiger partial charge in [0, 0.05) is 13.0 Å². The van der Waals surface area contributed by atoms with Crippen LogP contribution in [0, 0.1) is 12.3 Å². The maximum absolute atomic E-state index is 12.1. The Hall–Kier alpha value is -2.26. The fourth-order valence-corrected chi connectivity index (χ4v) is 2.08. The summed E-state index contributed by atoms with van der Waals surface area (Å²) < 4.78 is 10.3. The Morgan fingerprint density at radius 2 is 2.42 bits per heavy atom. The molecule has 1 N–H and O–H groups in total. The van der Waals surface area contributed by atoms with Gasteiger partial charge in [0.15, 0.2) is 5.76 Å². The SMILES string of the molecule is C#CCOC1CC(C(=O)O)N(C(=O)c2ccco2)C1. The number of nitrogens with zero attached hydrogens (tertiary/aromatic N) is 1. The number of likely N-dealkylation sites (tertiary alicyclic amines) is 1. The van der Waals surface area contributed by atoms with E-state index >= 15 is 0 Å². The van der Waals surface area contributed by atoms with Crippen molar-refractivity contribution in [3.63, 3.8) is 0 Å². The minimum absolute atomic E-state index is 0.0970. The van der Waals surface area contributed by atoms with Crippen LogP contribution < -0.4 is 0 Å². The smallest absolute Gasteiger partial charge is 0.326 e. The van der Waals surface area contributed by atoms with E-state index in [2.05, 4.69) is 5.92 Å². The summed E-state index contributed by atoms with van der Waals surface area (Å²) in [6, 6.07) is 2.16. The first kappa shape index (κ1) is 13.2. The zero-order valence-electron chi connectivity index (χ0n) is 10.1. The number of terminal acetylenes is 1. The summed E-state index contributed by atoms with van der Waals surface area (Å²) >= 11 is 0. The minimum atomic E-state index is -1.06. The highest BCUT2D eigenvalue weighted by Crippen LogP contribution is 2.23. The monoisotopic (exact) mass is 263 g/mol. The number of aliphatic carboxylic acids is 1. The number of carbonyl (C=O) groups excluding carboxylic acids is 1. The third-order valence-electron chi connectivity index (χ3n) is 2.94. The molecule has 0 spiro atoms. The van der Waals surface area contributed by atoms with Crippen molar-refractivity contribution in [2.45, 2.75) is 18.6 Å². The summed E-state index contributed by atoms with van der Waals surface area (Å²) in [6.07, 6.45) is 6.31. The molecule has 1 aromatic rings. The fraction of sp³-hybridized carbons (Fsp3) is 0.385. The molecule has 2 rings (SSSR count). The van der Waals surface area contributed by atoms with Gasteiger partial charge in [-0.3, -0.25) is 4.79 Å². The van der Waals surface area contributed by atoms with Gasteiger partial charge in [0.1, 0.15) is 12.6 Å². The van der Waals surface area contributed by atoms with Crippen molar-refractivity contribution in [1.29, 1.82) is 0 Å². The topological polar surface area (TPSA) is 80.0 Å². The van der Waals surface area contributed by atoms with Gasteiger partial charge >= 0.3 is 5.97 Å². The van der Waals surface area contributed by atoms with Crippen LogP contribution in [0.2, 0.25) is 0 Å². The molecule has 6 heteroatoms. The van der Waals surface area contributed by atoms with Crippen LogP contribution >= 0.6 is 0 Å². The highest BCUT2D eigenvalue weighted by Gasteiger charge is 2.41. The van der Waals surface area contributed by atoms with Gasteiger partial charge < -0.3 is 19.2 Å². The summed E-state index contributed by atoms with van der Waals surface area (Å²) in [5.74, 6) is 0.916. The van der Waals surface area contributed by atoms with Gasteiger partial charge in [-0.2, -0.15) is 0 Å². The zero-order chi connectivity index (χ0) is 13.8. The molecule has 2 atom stereocenters. The molecule has 0 aromatic carbocycles. The van der Waals surface area contributed by atoms with Crippen molar-refractivity contribution in [1.82, 2.24) is 4.90 Å². The summed E-state index contributed by atoms with van der Waals surface area (Å²) in [6.45, 7) is 0.290. The van der Waals surface area contributed by atoms with Crippen LogP contribution in [0.5, 0.6) is 0 Å². The molecule has 2 heterocycles. The first-order valence-electron chi connectivity index (χ1n) is 5.76. The van der Waals surface area contributed by atoms with Crippen molar-refractivity contribution in [3.05, 3.63) is 24.2 Å². The Morgan fingerprint density at radius 3 is 3.00 bits per heavy atom. The number of rotatable bonds is 4. The van der Waals surface area contributed by atoms with Crippen LogP contribution in [0.15, 0.2) is 22.8 Å². The van der Waals surface area contributed by atoms with Gasteiger partial charge in [-0.15, -0.1) is 6.42 Å². The maximum Gasteiger partial charge on any atom is 0.326 e. The first-order valence-corrected chi connectivity index (χ1v) is 5.76. The molecule has 1 aliphatic rings. The van der Waals surface area contributed by atoms with Crippen LogP contribution in [-0.4, -0.2) is 47.2 Å². The Kier molecular flexibility index (Phi) is 3.88. The molecule has 0 radical (unpaired) electrons. The molecular formula is C13H13NO5. The predicted octanol–water partition coefficient (Wildman–Crippen LogP) is 0.597. The highest BCUT2D eigenvalue weighted by atomic mass is 16.5. The van der Waals surface area contributed by atoms with Crippen molar-refractivity contribution >= 4 is 11.9 Å². The molecule has 1 saturated heterocycles. The normalized spacial score (nSPS) is 22.2. The lowest BCUT2D eigenvalue weighted by atomic mass is 10.2. The van der Waals surface area contributed by atoms with Gasteiger partial charge in [-0.25, -0.2) is 4.79 Å². The average molecular weight is 263 g/mol. The summed E-state index contributed by atoms with van der Waals surface area (Å²) in [5, 5.41) is 9.15. The molecule has 0 bridgehead atoms. The van der Waals surface area contributed by atoms with Crippen molar-refractivity contribution in [2.75, 3.05) is 13.2 Å². The molecule has 2 unspecified atom stereocenters. The van der Waals surface area contributed by atoms with Gasteiger partial charge in [0.25, 0.3) is 5.91 Å². The first-order chi connectivity index (χ1) is 9.13. The van der Waals surface area contributed by atoms with E-state index in [-0.39, 0.29) is 31.4 Å². The largest absolute Gasteiger partial charge is 0.480 e. The van der Waals surface area contributed by atoms with Crippen LogP contribution in [-0.2, 0) is 9.53 Å². The van der Waals surface area contributed by atoms with Gasteiger partial charge in [0.05, 0.1) is 12.4 Å². The van der Waals surface area contributed by atoms with E-state index in [0.29, 0.717) is 0 Å². The van der Waals surface area contributed by atoms with Crippen LogP contribution in [0.4, 0.5) is 0 Å². The third kappa shape index (κ3) is 2.77. The number of furan rings is 1. The number of amides is 1. The van der Waals surface area contributed by atoms with Crippen molar-refractivity contribution in [3.8, 4) is 12.3 Å². The Labute approximate surface area is 109 Å². The van der Waals surface area contributed by atoms with Crippen molar-refractivity contribution < 1.29 is 23.8 Å². The van der Waals surface area contributed by atoms with E-state index in [1.54, 1.807) is 6.07 Å². The Morgan fingerprint density at radius 1 is 1.63 bits per heavy atom. The Balaban J connectivity index is 2.11. The zero-order valence-corrected chi connectivity index (χ0v) is 10.1. The van der Waals surface area contributed by atoms with Crippen LogP contribution in [0.1, 0.15) is 17.0 Å².